The normalized spacial score (nSPS) is 10.2. The molecule has 18 heavy (non-hydrogen) atoms. The molecule has 0 unspecified atom stereocenters. The Balaban J connectivity index is 2.08. The van der Waals surface area contributed by atoms with Gasteiger partial charge in [-0.1, -0.05) is 23.7 Å². The Morgan fingerprint density at radius 3 is 2.56 bits per heavy atom. The smallest absolute Gasteiger partial charge is 0.170 e. The molecule has 0 aliphatic heterocycles. The van der Waals surface area contributed by atoms with Crippen molar-refractivity contribution in [2.45, 2.75) is 6.54 Å². The van der Waals surface area contributed by atoms with Crippen molar-refractivity contribution in [1.82, 2.24) is 0 Å². The van der Waals surface area contributed by atoms with Crippen LogP contribution in [0.5, 0.6) is 5.75 Å². The third-order valence-electron chi connectivity index (χ3n) is 2.59. The number of nitrogens with one attached hydrogen (secondary N) is 1. The third kappa shape index (κ3) is 2.93. The van der Waals surface area contributed by atoms with Gasteiger partial charge in [-0.2, -0.15) is 0 Å². The SMILES string of the molecule is COc1cccc(CNc2ccc(Cl)cc2)c1F. The van der Waals surface area contributed by atoms with E-state index in [0.29, 0.717) is 17.1 Å². The predicted molar refractivity (Wildman–Crippen MR) is 71.7 cm³/mol. The van der Waals surface area contributed by atoms with Gasteiger partial charge in [0, 0.05) is 22.8 Å². The van der Waals surface area contributed by atoms with E-state index in [1.165, 1.54) is 7.11 Å². The fraction of sp³-hybridized carbons (Fsp3) is 0.143. The largest absolute Gasteiger partial charge is 0.494 e. The van der Waals surface area contributed by atoms with Gasteiger partial charge in [0.25, 0.3) is 0 Å². The van der Waals surface area contributed by atoms with Gasteiger partial charge in [0.2, 0.25) is 0 Å². The number of halogens is 2. The van der Waals surface area contributed by atoms with Gasteiger partial charge in [0.1, 0.15) is 0 Å². The van der Waals surface area contributed by atoms with Gasteiger partial charge < -0.3 is 10.1 Å². The summed E-state index contributed by atoms with van der Waals surface area (Å²) in [5.41, 5.74) is 1.45. The molecule has 0 amide bonds. The maximum absolute atomic E-state index is 13.9. The van der Waals surface area contributed by atoms with Crippen LogP contribution in [0.2, 0.25) is 5.02 Å². The summed E-state index contributed by atoms with van der Waals surface area (Å²) in [7, 11) is 1.45. The minimum Gasteiger partial charge on any atom is -0.494 e. The van der Waals surface area contributed by atoms with Crippen LogP contribution in [0, 0.1) is 5.82 Å². The number of anilines is 1. The van der Waals surface area contributed by atoms with Crippen LogP contribution in [-0.2, 0) is 6.54 Å². The maximum atomic E-state index is 13.9. The molecule has 0 aromatic heterocycles. The van der Waals surface area contributed by atoms with E-state index in [1.54, 1.807) is 30.3 Å². The molecule has 0 heterocycles. The summed E-state index contributed by atoms with van der Waals surface area (Å²) in [5.74, 6) is -0.0770. The predicted octanol–water partition coefficient (Wildman–Crippen LogP) is 4.10. The summed E-state index contributed by atoms with van der Waals surface area (Å²) < 4.78 is 18.8. The molecule has 0 aliphatic rings. The van der Waals surface area contributed by atoms with Crippen LogP contribution in [0.4, 0.5) is 10.1 Å². The van der Waals surface area contributed by atoms with E-state index in [1.807, 2.05) is 12.1 Å². The van der Waals surface area contributed by atoms with Gasteiger partial charge >= 0.3 is 0 Å². The second-order valence-corrected chi connectivity index (χ2v) is 4.23. The number of methoxy groups -OCH3 is 1. The van der Waals surface area contributed by atoms with Crippen molar-refractivity contribution in [3.8, 4) is 5.75 Å². The molecule has 0 bridgehead atoms. The van der Waals surface area contributed by atoms with Gasteiger partial charge in [-0.05, 0) is 30.3 Å². The zero-order valence-electron chi connectivity index (χ0n) is 9.91. The lowest BCUT2D eigenvalue weighted by Crippen LogP contribution is -2.02. The standard InChI is InChI=1S/C14H13ClFNO/c1-18-13-4-2-3-10(14(13)16)9-17-12-7-5-11(15)6-8-12/h2-8,17H,9H2,1H3. The fourth-order valence-electron chi connectivity index (χ4n) is 1.62. The number of rotatable bonds is 4. The van der Waals surface area contributed by atoms with Gasteiger partial charge in [0.05, 0.1) is 7.11 Å². The molecule has 0 saturated carbocycles. The minimum absolute atomic E-state index is 0.255. The minimum atomic E-state index is -0.332. The molecule has 0 saturated heterocycles. The lowest BCUT2D eigenvalue weighted by molar-refractivity contribution is 0.384. The summed E-state index contributed by atoms with van der Waals surface area (Å²) in [6, 6.07) is 12.3. The van der Waals surface area contributed by atoms with E-state index < -0.39 is 0 Å². The first-order chi connectivity index (χ1) is 8.70. The summed E-state index contributed by atoms with van der Waals surface area (Å²) >= 11 is 5.79. The molecule has 4 heteroatoms. The topological polar surface area (TPSA) is 21.3 Å². The first-order valence-electron chi connectivity index (χ1n) is 5.51. The van der Waals surface area contributed by atoms with Crippen molar-refractivity contribution in [1.29, 1.82) is 0 Å². The zero-order valence-corrected chi connectivity index (χ0v) is 10.7. The highest BCUT2D eigenvalue weighted by molar-refractivity contribution is 6.30. The molecule has 0 spiro atoms. The van der Waals surface area contributed by atoms with Crippen LogP contribution in [0.3, 0.4) is 0 Å². The molecule has 1 N–H and O–H groups in total. The molecule has 0 aliphatic carbocycles. The Morgan fingerprint density at radius 1 is 1.17 bits per heavy atom. The Labute approximate surface area is 110 Å². The van der Waals surface area contributed by atoms with Crippen LogP contribution in [0.1, 0.15) is 5.56 Å². The summed E-state index contributed by atoms with van der Waals surface area (Å²) in [6.07, 6.45) is 0. The average molecular weight is 266 g/mol. The molecule has 94 valence electrons. The molecule has 2 nitrogen and oxygen atoms in total. The molecular formula is C14H13ClFNO. The molecule has 0 atom stereocenters. The van der Waals surface area contributed by atoms with Crippen molar-refractivity contribution >= 4 is 17.3 Å². The van der Waals surface area contributed by atoms with Gasteiger partial charge in [-0.3, -0.25) is 0 Å². The summed E-state index contributed by atoms with van der Waals surface area (Å²) in [4.78, 5) is 0. The maximum Gasteiger partial charge on any atom is 0.170 e. The number of hydrogen-bond acceptors (Lipinski definition) is 2. The fourth-order valence-corrected chi connectivity index (χ4v) is 1.74. The van der Waals surface area contributed by atoms with E-state index in [0.717, 1.165) is 5.69 Å². The Hall–Kier alpha value is -1.74. The second kappa shape index (κ2) is 5.74. The third-order valence-corrected chi connectivity index (χ3v) is 2.84. The van der Waals surface area contributed by atoms with E-state index in [-0.39, 0.29) is 11.6 Å². The van der Waals surface area contributed by atoms with Crippen molar-refractivity contribution in [3.05, 3.63) is 58.9 Å². The number of hydrogen-bond donors (Lipinski definition) is 1. The Morgan fingerprint density at radius 2 is 1.89 bits per heavy atom. The van der Waals surface area contributed by atoms with Crippen molar-refractivity contribution in [2.75, 3.05) is 12.4 Å². The monoisotopic (exact) mass is 265 g/mol. The highest BCUT2D eigenvalue weighted by atomic mass is 35.5. The molecule has 2 rings (SSSR count). The van der Waals surface area contributed by atoms with Crippen molar-refractivity contribution in [2.24, 2.45) is 0 Å². The second-order valence-electron chi connectivity index (χ2n) is 3.79. The van der Waals surface area contributed by atoms with Crippen LogP contribution >= 0.6 is 11.6 Å². The van der Waals surface area contributed by atoms with E-state index in [9.17, 15) is 4.39 Å². The zero-order chi connectivity index (χ0) is 13.0. The van der Waals surface area contributed by atoms with Crippen LogP contribution in [0.25, 0.3) is 0 Å². The van der Waals surface area contributed by atoms with Gasteiger partial charge in [-0.15, -0.1) is 0 Å². The average Bonchev–Trinajstić information content (AvgIpc) is 2.39. The van der Waals surface area contributed by atoms with Gasteiger partial charge in [-0.25, -0.2) is 4.39 Å². The van der Waals surface area contributed by atoms with Crippen molar-refractivity contribution < 1.29 is 9.13 Å². The van der Waals surface area contributed by atoms with Crippen LogP contribution < -0.4 is 10.1 Å². The van der Waals surface area contributed by atoms with E-state index in [4.69, 9.17) is 16.3 Å². The Bertz CT molecular complexity index is 528. The quantitative estimate of drug-likeness (QED) is 0.899. The highest BCUT2D eigenvalue weighted by Gasteiger charge is 2.07. The summed E-state index contributed by atoms with van der Waals surface area (Å²) in [6.45, 7) is 0.394. The number of benzene rings is 2. The Kier molecular flexibility index (Phi) is 4.05. The summed E-state index contributed by atoms with van der Waals surface area (Å²) in [5, 5.41) is 3.80. The molecule has 2 aromatic carbocycles. The lowest BCUT2D eigenvalue weighted by Gasteiger charge is -2.09. The van der Waals surface area contributed by atoms with E-state index in [2.05, 4.69) is 5.32 Å². The van der Waals surface area contributed by atoms with E-state index >= 15 is 0 Å². The number of ether oxygens (including phenoxy) is 1. The van der Waals surface area contributed by atoms with Gasteiger partial charge in [0.15, 0.2) is 11.6 Å². The van der Waals surface area contributed by atoms with Crippen LogP contribution in [0.15, 0.2) is 42.5 Å². The van der Waals surface area contributed by atoms with Crippen molar-refractivity contribution in [3.63, 3.8) is 0 Å². The van der Waals surface area contributed by atoms with Crippen LogP contribution in [-0.4, -0.2) is 7.11 Å². The molecular weight excluding hydrogens is 253 g/mol. The first-order valence-corrected chi connectivity index (χ1v) is 5.89. The highest BCUT2D eigenvalue weighted by Crippen LogP contribution is 2.21. The molecule has 0 radical (unpaired) electrons. The molecule has 0 fully saturated rings. The molecule has 2 aromatic rings. The lowest BCUT2D eigenvalue weighted by atomic mass is 10.2. The first kappa shape index (κ1) is 12.7.